The van der Waals surface area contributed by atoms with Crippen LogP contribution < -0.4 is 0 Å². The molecule has 0 aliphatic carbocycles. The molecular formula is C24H34N2O5. The minimum atomic E-state index is -0.967. The van der Waals surface area contributed by atoms with E-state index in [1.54, 1.807) is 7.11 Å². The Morgan fingerprint density at radius 2 is 1.71 bits per heavy atom. The van der Waals surface area contributed by atoms with Crippen LogP contribution in [0.5, 0.6) is 0 Å². The lowest BCUT2D eigenvalue weighted by molar-refractivity contribution is -0.139. The molecule has 2 aliphatic rings. The van der Waals surface area contributed by atoms with E-state index in [4.69, 9.17) is 19.2 Å². The SMILES string of the molecule is COC(=O)Cc1c(C)[nH]c([C@@]2(C)CC(C)(C)c3c(C)c(CC4(OC)OO4)c(C)n32)c1C. The van der Waals surface area contributed by atoms with Crippen molar-refractivity contribution in [1.82, 2.24) is 9.55 Å². The summed E-state index contributed by atoms with van der Waals surface area (Å²) < 4.78 is 12.8. The number of hydrogen-bond donors (Lipinski definition) is 1. The molecule has 7 heteroatoms. The Labute approximate surface area is 183 Å². The smallest absolute Gasteiger partial charge is 0.343 e. The number of rotatable bonds is 6. The number of esters is 1. The van der Waals surface area contributed by atoms with Crippen LogP contribution in [0.4, 0.5) is 0 Å². The number of ether oxygens (including phenoxy) is 2. The first-order valence-corrected chi connectivity index (χ1v) is 10.8. The van der Waals surface area contributed by atoms with Crippen molar-refractivity contribution in [2.24, 2.45) is 0 Å². The van der Waals surface area contributed by atoms with E-state index in [0.29, 0.717) is 6.42 Å². The topological polar surface area (TPSA) is 81.3 Å². The first kappa shape index (κ1) is 22.1. The van der Waals surface area contributed by atoms with Crippen molar-refractivity contribution in [1.29, 1.82) is 0 Å². The maximum absolute atomic E-state index is 12.0. The van der Waals surface area contributed by atoms with Crippen LogP contribution in [0.25, 0.3) is 0 Å². The first-order valence-electron chi connectivity index (χ1n) is 10.8. The normalized spacial score (nSPS) is 23.1. The van der Waals surface area contributed by atoms with E-state index in [2.05, 4.69) is 51.1 Å². The summed E-state index contributed by atoms with van der Waals surface area (Å²) >= 11 is 0. The zero-order chi connectivity index (χ0) is 22.9. The van der Waals surface area contributed by atoms with Gasteiger partial charge in [0.05, 0.1) is 25.5 Å². The summed E-state index contributed by atoms with van der Waals surface area (Å²) in [5.41, 5.74) is 9.00. The highest BCUT2D eigenvalue weighted by molar-refractivity contribution is 5.73. The molecule has 0 radical (unpaired) electrons. The highest BCUT2D eigenvalue weighted by Gasteiger charge is 2.54. The van der Waals surface area contributed by atoms with Crippen LogP contribution in [0.1, 0.15) is 72.2 Å². The molecule has 0 saturated carbocycles. The zero-order valence-electron chi connectivity index (χ0n) is 20.1. The van der Waals surface area contributed by atoms with E-state index in [1.807, 2.05) is 6.92 Å². The highest BCUT2D eigenvalue weighted by atomic mass is 17.4. The van der Waals surface area contributed by atoms with Crippen molar-refractivity contribution in [3.8, 4) is 0 Å². The summed E-state index contributed by atoms with van der Waals surface area (Å²) in [6, 6.07) is 0. The fourth-order valence-corrected chi connectivity index (χ4v) is 6.07. The number of nitrogens with one attached hydrogen (secondary N) is 1. The average molecular weight is 431 g/mol. The van der Waals surface area contributed by atoms with Gasteiger partial charge in [-0.15, -0.1) is 0 Å². The maximum Gasteiger partial charge on any atom is 0.343 e. The van der Waals surface area contributed by atoms with Crippen LogP contribution in [0.15, 0.2) is 0 Å². The molecule has 4 rings (SSSR count). The summed E-state index contributed by atoms with van der Waals surface area (Å²) in [5, 5.41) is 0. The summed E-state index contributed by atoms with van der Waals surface area (Å²) in [6.45, 7) is 15.4. The monoisotopic (exact) mass is 430 g/mol. The van der Waals surface area contributed by atoms with Crippen molar-refractivity contribution < 1.29 is 24.0 Å². The molecule has 2 aliphatic heterocycles. The van der Waals surface area contributed by atoms with Crippen LogP contribution in [-0.2, 0) is 47.8 Å². The highest BCUT2D eigenvalue weighted by Crippen LogP contribution is 2.53. The standard InChI is InChI=1S/C24H34N2O5/c1-13-17(10-19(27)28-8)15(3)25-20(13)23(7)12-22(5,6)21-14(2)18(16(4)26(21)23)11-24(29-9)30-31-24/h25H,10-12H2,1-9H3/t23-/m1/s1. The fourth-order valence-electron chi connectivity index (χ4n) is 6.07. The second-order valence-corrected chi connectivity index (χ2v) is 9.92. The Morgan fingerprint density at radius 3 is 2.26 bits per heavy atom. The predicted molar refractivity (Wildman–Crippen MR) is 116 cm³/mol. The molecule has 1 fully saturated rings. The number of methoxy groups -OCH3 is 2. The van der Waals surface area contributed by atoms with Gasteiger partial charge in [0.1, 0.15) is 0 Å². The van der Waals surface area contributed by atoms with E-state index < -0.39 is 5.97 Å². The minimum absolute atomic E-state index is 0.0265. The number of hydrogen-bond acceptors (Lipinski definition) is 5. The first-order chi connectivity index (χ1) is 14.4. The lowest BCUT2D eigenvalue weighted by Crippen LogP contribution is -2.31. The Kier molecular flexibility index (Phi) is 4.96. The van der Waals surface area contributed by atoms with Gasteiger partial charge in [-0.2, -0.15) is 9.78 Å². The molecule has 1 saturated heterocycles. The van der Waals surface area contributed by atoms with Crippen LogP contribution in [0, 0.1) is 27.7 Å². The van der Waals surface area contributed by atoms with Gasteiger partial charge in [0.2, 0.25) is 0 Å². The third-order valence-corrected chi connectivity index (χ3v) is 7.38. The molecule has 0 amide bonds. The number of aromatic nitrogens is 2. The lowest BCUT2D eigenvalue weighted by atomic mass is 9.78. The lowest BCUT2D eigenvalue weighted by Gasteiger charge is -2.31. The number of H-pyrrole nitrogens is 1. The quantitative estimate of drug-likeness (QED) is 0.425. The summed E-state index contributed by atoms with van der Waals surface area (Å²) in [4.78, 5) is 25.9. The van der Waals surface area contributed by atoms with Gasteiger partial charge >= 0.3 is 11.9 Å². The molecule has 7 nitrogen and oxygen atoms in total. The van der Waals surface area contributed by atoms with Crippen molar-refractivity contribution in [2.75, 3.05) is 14.2 Å². The molecule has 2 aromatic rings. The van der Waals surface area contributed by atoms with E-state index in [0.717, 1.165) is 28.9 Å². The second kappa shape index (κ2) is 6.95. The molecule has 0 aromatic carbocycles. The minimum Gasteiger partial charge on any atom is -0.469 e. The van der Waals surface area contributed by atoms with Gasteiger partial charge in [0, 0.05) is 35.3 Å². The van der Waals surface area contributed by atoms with Gasteiger partial charge in [-0.1, -0.05) is 13.8 Å². The number of aryl methyl sites for hydroxylation is 1. The molecule has 2 aromatic heterocycles. The average Bonchev–Trinajstić information content (AvgIpc) is 3.30. The maximum atomic E-state index is 12.0. The molecular weight excluding hydrogens is 396 g/mol. The Bertz CT molecular complexity index is 1060. The van der Waals surface area contributed by atoms with Gasteiger partial charge in [0.15, 0.2) is 0 Å². The molecule has 31 heavy (non-hydrogen) atoms. The van der Waals surface area contributed by atoms with Gasteiger partial charge < -0.3 is 19.0 Å². The molecule has 1 atom stereocenters. The van der Waals surface area contributed by atoms with Crippen LogP contribution in [-0.4, -0.2) is 35.7 Å². The number of nitrogens with zero attached hydrogens (tertiary/aromatic N) is 1. The van der Waals surface area contributed by atoms with Gasteiger partial charge in [-0.05, 0) is 63.3 Å². The van der Waals surface area contributed by atoms with Crippen LogP contribution >= 0.6 is 0 Å². The predicted octanol–water partition coefficient (Wildman–Crippen LogP) is 4.01. The summed E-state index contributed by atoms with van der Waals surface area (Å²) in [5.74, 6) is -1.19. The molecule has 0 spiro atoms. The van der Waals surface area contributed by atoms with Gasteiger partial charge in [0.25, 0.3) is 0 Å². The fraction of sp³-hybridized carbons (Fsp3) is 0.625. The van der Waals surface area contributed by atoms with Gasteiger partial charge in [-0.25, -0.2) is 0 Å². The number of aromatic amines is 1. The molecule has 4 heterocycles. The molecule has 1 N–H and O–H groups in total. The van der Waals surface area contributed by atoms with Crippen molar-refractivity contribution in [3.05, 3.63) is 45.0 Å². The van der Waals surface area contributed by atoms with Gasteiger partial charge in [-0.3, -0.25) is 4.79 Å². The van der Waals surface area contributed by atoms with Crippen molar-refractivity contribution in [3.63, 3.8) is 0 Å². The summed E-state index contributed by atoms with van der Waals surface area (Å²) in [7, 11) is 3.03. The number of carbonyl (C=O) groups is 1. The molecule has 0 unspecified atom stereocenters. The van der Waals surface area contributed by atoms with Crippen LogP contribution in [0.3, 0.4) is 0 Å². The Hall–Kier alpha value is -2.09. The van der Waals surface area contributed by atoms with E-state index in [-0.39, 0.29) is 23.3 Å². The zero-order valence-corrected chi connectivity index (χ0v) is 20.1. The van der Waals surface area contributed by atoms with E-state index in [1.165, 1.54) is 29.6 Å². The second-order valence-electron chi connectivity index (χ2n) is 9.92. The van der Waals surface area contributed by atoms with E-state index >= 15 is 0 Å². The third-order valence-electron chi connectivity index (χ3n) is 7.38. The third kappa shape index (κ3) is 3.17. The molecule has 170 valence electrons. The Balaban J connectivity index is 1.86. The largest absolute Gasteiger partial charge is 0.469 e. The Morgan fingerprint density at radius 1 is 1.06 bits per heavy atom. The van der Waals surface area contributed by atoms with Crippen LogP contribution in [0.2, 0.25) is 0 Å². The number of fused-ring (bicyclic) bond motifs is 1. The van der Waals surface area contributed by atoms with Crippen molar-refractivity contribution in [2.45, 2.75) is 84.7 Å². The molecule has 0 bridgehead atoms. The van der Waals surface area contributed by atoms with Crippen molar-refractivity contribution >= 4 is 5.97 Å². The van der Waals surface area contributed by atoms with E-state index in [9.17, 15) is 4.79 Å². The number of carbonyl (C=O) groups excluding carboxylic acids is 1. The summed E-state index contributed by atoms with van der Waals surface area (Å²) in [6.07, 6.45) is 1.78.